The zero-order valence-electron chi connectivity index (χ0n) is 14.7. The van der Waals surface area contributed by atoms with Crippen LogP contribution in [0.15, 0.2) is 61.3 Å². The Hall–Kier alpha value is -2.93. The summed E-state index contributed by atoms with van der Waals surface area (Å²) in [4.78, 5) is 11.9. The van der Waals surface area contributed by atoms with Crippen molar-refractivity contribution in [3.63, 3.8) is 0 Å². The summed E-state index contributed by atoms with van der Waals surface area (Å²) >= 11 is 1.29. The van der Waals surface area contributed by atoms with E-state index in [-0.39, 0.29) is 11.5 Å². The fourth-order valence-corrected chi connectivity index (χ4v) is 3.51. The quantitative estimate of drug-likeness (QED) is 0.370. The molecular weight excluding hydrogens is 367 g/mol. The number of nitrogens with zero attached hydrogens (tertiary/aromatic N) is 2. The Morgan fingerprint density at radius 2 is 1.81 bits per heavy atom. The number of aryl methyl sites for hydroxylation is 2. The van der Waals surface area contributed by atoms with Gasteiger partial charge in [0.25, 0.3) is 11.1 Å². The molecule has 0 amide bonds. The lowest BCUT2D eigenvalue weighted by molar-refractivity contribution is 0.463. The Morgan fingerprint density at radius 1 is 1.04 bits per heavy atom. The lowest BCUT2D eigenvalue weighted by Gasteiger charge is -2.07. The summed E-state index contributed by atoms with van der Waals surface area (Å²) in [5.74, 6) is 0.151. The summed E-state index contributed by atoms with van der Waals surface area (Å²) in [5, 5.41) is 9.05. The van der Waals surface area contributed by atoms with Crippen molar-refractivity contribution in [2.45, 2.75) is 24.8 Å². The number of benzene rings is 2. The van der Waals surface area contributed by atoms with Crippen LogP contribution in [0.25, 0.3) is 22.4 Å². The molecule has 0 aliphatic rings. The molecule has 4 aromatic rings. The van der Waals surface area contributed by atoms with E-state index >= 15 is 0 Å². The highest BCUT2D eigenvalue weighted by molar-refractivity contribution is 7.98. The molecule has 0 saturated heterocycles. The van der Waals surface area contributed by atoms with Gasteiger partial charge in [0.05, 0.1) is 5.56 Å². The Morgan fingerprint density at radius 3 is 2.63 bits per heavy atom. The first-order chi connectivity index (χ1) is 13.0. The van der Waals surface area contributed by atoms with Gasteiger partial charge >= 0.3 is 5.63 Å². The van der Waals surface area contributed by atoms with E-state index in [2.05, 4.69) is 10.2 Å². The van der Waals surface area contributed by atoms with E-state index in [0.29, 0.717) is 16.6 Å². The number of fused-ring (bicyclic) bond motifs is 1. The molecule has 0 saturated carbocycles. The van der Waals surface area contributed by atoms with Crippen molar-refractivity contribution in [2.75, 3.05) is 0 Å². The van der Waals surface area contributed by atoms with Crippen LogP contribution in [0.4, 0.5) is 4.39 Å². The normalized spacial score (nSPS) is 11.2. The lowest BCUT2D eigenvalue weighted by atomic mass is 10.0. The third-order valence-electron chi connectivity index (χ3n) is 4.31. The van der Waals surface area contributed by atoms with Crippen LogP contribution in [0.1, 0.15) is 16.7 Å². The average molecular weight is 382 g/mol. The van der Waals surface area contributed by atoms with Crippen LogP contribution in [0, 0.1) is 19.7 Å². The van der Waals surface area contributed by atoms with Crippen LogP contribution >= 0.6 is 11.8 Å². The molecule has 2 aromatic heterocycles. The van der Waals surface area contributed by atoms with Gasteiger partial charge in [0.15, 0.2) is 0 Å². The van der Waals surface area contributed by atoms with Gasteiger partial charge in [0.2, 0.25) is 0 Å². The molecule has 136 valence electrons. The highest BCUT2D eigenvalue weighted by Crippen LogP contribution is 2.29. The average Bonchev–Trinajstić information content (AvgIpc) is 3.10. The van der Waals surface area contributed by atoms with Crippen molar-refractivity contribution in [3.8, 4) is 11.5 Å². The second-order valence-corrected chi connectivity index (χ2v) is 7.09. The van der Waals surface area contributed by atoms with Gasteiger partial charge in [-0.15, -0.1) is 10.2 Å². The molecule has 4 rings (SSSR count). The molecule has 0 radical (unpaired) electrons. The smallest absolute Gasteiger partial charge is 0.336 e. The Balaban J connectivity index is 1.62. The van der Waals surface area contributed by atoms with Gasteiger partial charge < -0.3 is 8.83 Å². The third-order valence-corrected chi connectivity index (χ3v) is 5.17. The standard InChI is InChI=1S/C20H15FN2O3S/c1-11-7-15-13(9-18(24)25-17(15)8-12(11)2)10-27-20-23-22-19(26-20)14-5-3-4-6-16(14)21/h3-9H,10H2,1-2H3. The monoisotopic (exact) mass is 382 g/mol. The maximum absolute atomic E-state index is 13.8. The minimum Gasteiger partial charge on any atom is -0.423 e. The van der Waals surface area contributed by atoms with Gasteiger partial charge in [-0.05, 0) is 54.8 Å². The topological polar surface area (TPSA) is 69.1 Å². The van der Waals surface area contributed by atoms with Crippen molar-refractivity contribution in [3.05, 3.63) is 75.4 Å². The first-order valence-electron chi connectivity index (χ1n) is 8.26. The first-order valence-corrected chi connectivity index (χ1v) is 9.25. The lowest BCUT2D eigenvalue weighted by Crippen LogP contribution is -2.00. The second kappa shape index (κ2) is 7.00. The molecule has 27 heavy (non-hydrogen) atoms. The molecular formula is C20H15FN2O3S. The largest absolute Gasteiger partial charge is 0.423 e. The number of rotatable bonds is 4. The summed E-state index contributed by atoms with van der Waals surface area (Å²) in [6, 6.07) is 11.6. The highest BCUT2D eigenvalue weighted by Gasteiger charge is 2.14. The predicted molar refractivity (Wildman–Crippen MR) is 101 cm³/mol. The summed E-state index contributed by atoms with van der Waals surface area (Å²) in [7, 11) is 0. The van der Waals surface area contributed by atoms with Crippen LogP contribution in [-0.4, -0.2) is 10.2 Å². The molecule has 0 bridgehead atoms. The molecule has 0 aliphatic heterocycles. The Bertz CT molecular complexity index is 1200. The number of hydrogen-bond acceptors (Lipinski definition) is 6. The van der Waals surface area contributed by atoms with Crippen molar-refractivity contribution in [1.29, 1.82) is 0 Å². The van der Waals surface area contributed by atoms with Crippen LogP contribution in [-0.2, 0) is 5.75 Å². The maximum atomic E-state index is 13.8. The van der Waals surface area contributed by atoms with Gasteiger partial charge in [-0.25, -0.2) is 9.18 Å². The van der Waals surface area contributed by atoms with Gasteiger partial charge in [-0.2, -0.15) is 0 Å². The van der Waals surface area contributed by atoms with E-state index in [4.69, 9.17) is 8.83 Å². The van der Waals surface area contributed by atoms with E-state index in [9.17, 15) is 9.18 Å². The van der Waals surface area contributed by atoms with Crippen molar-refractivity contribution < 1.29 is 13.2 Å². The molecule has 7 heteroatoms. The van der Waals surface area contributed by atoms with Gasteiger partial charge in [0, 0.05) is 17.2 Å². The van der Waals surface area contributed by atoms with Crippen molar-refractivity contribution in [2.24, 2.45) is 0 Å². The highest BCUT2D eigenvalue weighted by atomic mass is 32.2. The molecule has 0 unspecified atom stereocenters. The zero-order valence-corrected chi connectivity index (χ0v) is 15.5. The van der Waals surface area contributed by atoms with Crippen LogP contribution < -0.4 is 5.63 Å². The number of thioether (sulfide) groups is 1. The zero-order chi connectivity index (χ0) is 19.0. The summed E-state index contributed by atoms with van der Waals surface area (Å²) < 4.78 is 24.7. The second-order valence-electron chi connectivity index (χ2n) is 6.16. The summed E-state index contributed by atoms with van der Waals surface area (Å²) in [5.41, 5.74) is 3.40. The molecule has 0 N–H and O–H groups in total. The fraction of sp³-hybridized carbons (Fsp3) is 0.150. The Kier molecular flexibility index (Phi) is 4.53. The molecule has 0 spiro atoms. The van der Waals surface area contributed by atoms with Crippen molar-refractivity contribution >= 4 is 22.7 Å². The molecule has 0 aliphatic carbocycles. The number of aromatic nitrogens is 2. The third kappa shape index (κ3) is 3.50. The SMILES string of the molecule is Cc1cc2oc(=O)cc(CSc3nnc(-c4ccccc4F)o3)c2cc1C. The van der Waals surface area contributed by atoms with Crippen LogP contribution in [0.3, 0.4) is 0 Å². The van der Waals surface area contributed by atoms with Crippen LogP contribution in [0.2, 0.25) is 0 Å². The van der Waals surface area contributed by atoms with E-state index in [1.54, 1.807) is 18.2 Å². The summed E-state index contributed by atoms with van der Waals surface area (Å²) in [6.07, 6.45) is 0. The fourth-order valence-electron chi connectivity index (χ4n) is 2.75. The van der Waals surface area contributed by atoms with E-state index in [1.165, 1.54) is 23.9 Å². The van der Waals surface area contributed by atoms with E-state index in [0.717, 1.165) is 22.1 Å². The van der Waals surface area contributed by atoms with Crippen LogP contribution in [0.5, 0.6) is 0 Å². The molecule has 0 atom stereocenters. The molecule has 2 heterocycles. The number of hydrogen-bond donors (Lipinski definition) is 0. The van der Waals surface area contributed by atoms with E-state index in [1.807, 2.05) is 26.0 Å². The number of halogens is 1. The maximum Gasteiger partial charge on any atom is 0.336 e. The first kappa shape index (κ1) is 17.5. The predicted octanol–water partition coefficient (Wildman–Crippen LogP) is 4.89. The Labute approximate surface area is 158 Å². The minimum atomic E-state index is -0.421. The minimum absolute atomic E-state index is 0.125. The molecule has 0 fully saturated rings. The van der Waals surface area contributed by atoms with Gasteiger partial charge in [0.1, 0.15) is 11.4 Å². The molecule has 2 aromatic carbocycles. The summed E-state index contributed by atoms with van der Waals surface area (Å²) in [6.45, 7) is 3.98. The molecule has 5 nitrogen and oxygen atoms in total. The van der Waals surface area contributed by atoms with E-state index < -0.39 is 11.4 Å². The van der Waals surface area contributed by atoms with Crippen molar-refractivity contribution in [1.82, 2.24) is 10.2 Å². The van der Waals surface area contributed by atoms with Gasteiger partial charge in [-0.1, -0.05) is 23.9 Å². The van der Waals surface area contributed by atoms with Gasteiger partial charge in [-0.3, -0.25) is 0 Å².